The van der Waals surface area contributed by atoms with Crippen molar-refractivity contribution in [3.63, 3.8) is 0 Å². The van der Waals surface area contributed by atoms with E-state index in [4.69, 9.17) is 10.1 Å². The van der Waals surface area contributed by atoms with Crippen molar-refractivity contribution in [3.05, 3.63) is 58.4 Å². The molecule has 3 N–H and O–H groups in total. The fourth-order valence-corrected chi connectivity index (χ4v) is 3.51. The minimum Gasteiger partial charge on any atom is -0.506 e. The number of fused-ring (bicyclic) bond motifs is 1. The third-order valence-corrected chi connectivity index (χ3v) is 4.64. The standard InChI is InChI=1S/C19H21NO4/c1-2-24-18(22)9-12-7-11-8-16(20)17(21)10-15(11)19(23)14-6-4-3-5-13(12)14/h3-6,10,12,19-21,23H,2,7-9H2,1H3/t12-,19?/m1/s1. The van der Waals surface area contributed by atoms with Crippen molar-refractivity contribution in [3.8, 4) is 0 Å². The predicted molar refractivity (Wildman–Crippen MR) is 90.1 cm³/mol. The summed E-state index contributed by atoms with van der Waals surface area (Å²) in [4.78, 5) is 12.0. The summed E-state index contributed by atoms with van der Waals surface area (Å²) in [7, 11) is 0. The molecule has 24 heavy (non-hydrogen) atoms. The quantitative estimate of drug-likeness (QED) is 0.743. The normalized spacial score (nSPS) is 23.1. The van der Waals surface area contributed by atoms with Crippen molar-refractivity contribution in [1.82, 2.24) is 0 Å². The molecule has 2 atom stereocenters. The monoisotopic (exact) mass is 327 g/mol. The van der Waals surface area contributed by atoms with E-state index in [1.807, 2.05) is 24.3 Å². The van der Waals surface area contributed by atoms with Crippen molar-refractivity contribution in [2.75, 3.05) is 6.61 Å². The van der Waals surface area contributed by atoms with Crippen molar-refractivity contribution in [2.24, 2.45) is 0 Å². The lowest BCUT2D eigenvalue weighted by Gasteiger charge is -2.21. The second-order valence-corrected chi connectivity index (χ2v) is 6.19. The number of rotatable bonds is 3. The number of carbonyl (C=O) groups is 1. The first kappa shape index (κ1) is 16.5. The van der Waals surface area contributed by atoms with E-state index in [1.54, 1.807) is 6.92 Å². The number of carbonyl (C=O) groups excluding carboxylic acids is 1. The summed E-state index contributed by atoms with van der Waals surface area (Å²) in [5, 5.41) is 28.5. The highest BCUT2D eigenvalue weighted by Crippen LogP contribution is 2.43. The fourth-order valence-electron chi connectivity index (χ4n) is 3.51. The Labute approximate surface area is 140 Å². The maximum Gasteiger partial charge on any atom is 0.306 e. The molecule has 0 aliphatic heterocycles. The molecule has 1 aromatic rings. The Kier molecular flexibility index (Phi) is 4.53. The van der Waals surface area contributed by atoms with Gasteiger partial charge in [-0.2, -0.15) is 0 Å². The van der Waals surface area contributed by atoms with E-state index in [0.717, 1.165) is 16.7 Å². The van der Waals surface area contributed by atoms with E-state index in [-0.39, 0.29) is 29.8 Å². The van der Waals surface area contributed by atoms with Gasteiger partial charge >= 0.3 is 5.97 Å². The lowest BCUT2D eigenvalue weighted by atomic mass is 9.86. The van der Waals surface area contributed by atoms with Gasteiger partial charge in [0, 0.05) is 6.42 Å². The van der Waals surface area contributed by atoms with Crippen molar-refractivity contribution < 1.29 is 19.7 Å². The highest BCUT2D eigenvalue weighted by molar-refractivity contribution is 5.99. The van der Waals surface area contributed by atoms with Gasteiger partial charge in [-0.15, -0.1) is 0 Å². The highest BCUT2D eigenvalue weighted by Gasteiger charge is 2.32. The number of esters is 1. The molecule has 5 nitrogen and oxygen atoms in total. The van der Waals surface area contributed by atoms with Crippen LogP contribution >= 0.6 is 0 Å². The minimum atomic E-state index is -0.862. The number of allylic oxidation sites excluding steroid dienone is 2. The van der Waals surface area contributed by atoms with E-state index in [1.165, 1.54) is 6.08 Å². The minimum absolute atomic E-state index is 0.103. The maximum atomic E-state index is 12.0. The predicted octanol–water partition coefficient (Wildman–Crippen LogP) is 3.32. The summed E-state index contributed by atoms with van der Waals surface area (Å²) < 4.78 is 5.09. The largest absolute Gasteiger partial charge is 0.506 e. The van der Waals surface area contributed by atoms with E-state index >= 15 is 0 Å². The molecule has 0 radical (unpaired) electrons. The SMILES string of the molecule is CCOC(=O)C[C@H]1CC2=C(C=C(O)C(=N)C2)C(O)c2ccccc21. The molecule has 0 fully saturated rings. The van der Waals surface area contributed by atoms with Crippen molar-refractivity contribution in [2.45, 2.75) is 38.2 Å². The summed E-state index contributed by atoms with van der Waals surface area (Å²) >= 11 is 0. The average molecular weight is 327 g/mol. The first-order valence-corrected chi connectivity index (χ1v) is 8.14. The Morgan fingerprint density at radius 3 is 2.75 bits per heavy atom. The van der Waals surface area contributed by atoms with Crippen molar-refractivity contribution in [1.29, 1.82) is 5.41 Å². The van der Waals surface area contributed by atoms with Gasteiger partial charge in [0.05, 0.1) is 18.7 Å². The molecular weight excluding hydrogens is 306 g/mol. The lowest BCUT2D eigenvalue weighted by molar-refractivity contribution is -0.143. The zero-order chi connectivity index (χ0) is 17.3. The molecular formula is C19H21NO4. The molecule has 2 aliphatic rings. The first-order valence-electron chi connectivity index (χ1n) is 8.14. The summed E-state index contributed by atoms with van der Waals surface area (Å²) in [6.07, 6.45) is 1.71. The van der Waals surface area contributed by atoms with Crippen LogP contribution in [0, 0.1) is 5.41 Å². The van der Waals surface area contributed by atoms with Gasteiger partial charge in [0.25, 0.3) is 0 Å². The molecule has 0 spiro atoms. The zero-order valence-corrected chi connectivity index (χ0v) is 13.6. The van der Waals surface area contributed by atoms with Crippen LogP contribution in [0.5, 0.6) is 0 Å². The molecule has 0 saturated heterocycles. The van der Waals surface area contributed by atoms with Crippen LogP contribution in [0.2, 0.25) is 0 Å². The Balaban J connectivity index is 2.04. The summed E-state index contributed by atoms with van der Waals surface area (Å²) in [6, 6.07) is 7.52. The third-order valence-electron chi connectivity index (χ3n) is 4.64. The molecule has 1 unspecified atom stereocenters. The van der Waals surface area contributed by atoms with Crippen LogP contribution in [0.15, 0.2) is 47.2 Å². The van der Waals surface area contributed by atoms with Gasteiger partial charge in [0.15, 0.2) is 0 Å². The number of nitrogens with one attached hydrogen (secondary N) is 1. The number of ether oxygens (including phenoxy) is 1. The smallest absolute Gasteiger partial charge is 0.306 e. The number of aliphatic hydroxyl groups is 2. The van der Waals surface area contributed by atoms with E-state index in [9.17, 15) is 15.0 Å². The number of hydrogen-bond acceptors (Lipinski definition) is 5. The molecule has 1 aromatic carbocycles. The third kappa shape index (κ3) is 2.99. The van der Waals surface area contributed by atoms with E-state index in [0.29, 0.717) is 25.0 Å². The molecule has 0 aromatic heterocycles. The van der Waals surface area contributed by atoms with Crippen LogP contribution in [0.25, 0.3) is 0 Å². The van der Waals surface area contributed by atoms with Crippen molar-refractivity contribution >= 4 is 11.7 Å². The molecule has 126 valence electrons. The van der Waals surface area contributed by atoms with E-state index < -0.39 is 6.10 Å². The van der Waals surface area contributed by atoms with Gasteiger partial charge in [-0.05, 0) is 42.0 Å². The molecule has 0 heterocycles. The van der Waals surface area contributed by atoms with Crippen LogP contribution in [-0.4, -0.2) is 28.5 Å². The van der Waals surface area contributed by atoms with Gasteiger partial charge < -0.3 is 20.4 Å². The first-order chi connectivity index (χ1) is 11.5. The van der Waals surface area contributed by atoms with Crippen LogP contribution < -0.4 is 0 Å². The number of hydrogen-bond donors (Lipinski definition) is 3. The molecule has 3 rings (SSSR count). The zero-order valence-electron chi connectivity index (χ0n) is 13.6. The molecule has 5 heteroatoms. The van der Waals surface area contributed by atoms with Crippen LogP contribution in [0.4, 0.5) is 0 Å². The maximum absolute atomic E-state index is 12.0. The highest BCUT2D eigenvalue weighted by atomic mass is 16.5. The summed E-state index contributed by atoms with van der Waals surface area (Å²) in [6.45, 7) is 2.12. The van der Waals surface area contributed by atoms with Crippen LogP contribution in [-0.2, 0) is 9.53 Å². The number of aliphatic hydroxyl groups excluding tert-OH is 2. The summed E-state index contributed by atoms with van der Waals surface area (Å²) in [5.74, 6) is -0.474. The van der Waals surface area contributed by atoms with Gasteiger partial charge in [-0.25, -0.2) is 0 Å². The average Bonchev–Trinajstić information content (AvgIpc) is 2.66. The Morgan fingerprint density at radius 1 is 1.33 bits per heavy atom. The van der Waals surface area contributed by atoms with E-state index in [2.05, 4.69) is 0 Å². The van der Waals surface area contributed by atoms with Gasteiger partial charge in [0.1, 0.15) is 11.9 Å². The molecule has 2 aliphatic carbocycles. The Hall–Kier alpha value is -2.40. The summed E-state index contributed by atoms with van der Waals surface area (Å²) in [5.41, 5.74) is 3.35. The second kappa shape index (κ2) is 6.61. The number of benzene rings is 1. The second-order valence-electron chi connectivity index (χ2n) is 6.19. The Morgan fingerprint density at radius 2 is 2.04 bits per heavy atom. The molecule has 0 amide bonds. The topological polar surface area (TPSA) is 90.6 Å². The molecule has 0 saturated carbocycles. The van der Waals surface area contributed by atoms with Gasteiger partial charge in [-0.3, -0.25) is 4.79 Å². The lowest BCUT2D eigenvalue weighted by Crippen LogP contribution is -2.14. The fraction of sp³-hybridized carbons (Fsp3) is 0.368. The van der Waals surface area contributed by atoms with Gasteiger partial charge in [0.2, 0.25) is 0 Å². The van der Waals surface area contributed by atoms with Crippen LogP contribution in [0.3, 0.4) is 0 Å². The Bertz CT molecular complexity index is 747. The van der Waals surface area contributed by atoms with Gasteiger partial charge in [-0.1, -0.05) is 29.8 Å². The van der Waals surface area contributed by atoms with Crippen LogP contribution in [0.1, 0.15) is 49.3 Å². The molecule has 0 bridgehead atoms.